The zero-order valence-electron chi connectivity index (χ0n) is 24.9. The molecular weight excluding hydrogens is 489 g/mol. The maximum absolute atomic E-state index is 6.62. The highest BCUT2D eigenvalue weighted by Crippen LogP contribution is 2.51. The second-order valence-corrected chi connectivity index (χ2v) is 13.8. The van der Waals surface area contributed by atoms with Crippen molar-refractivity contribution in [2.24, 2.45) is 0 Å². The lowest BCUT2D eigenvalue weighted by Gasteiger charge is -2.32. The van der Waals surface area contributed by atoms with E-state index >= 15 is 0 Å². The molecule has 2 aliphatic carbocycles. The van der Waals surface area contributed by atoms with Gasteiger partial charge in [0.25, 0.3) is 0 Å². The van der Waals surface area contributed by atoms with Crippen LogP contribution >= 0.6 is 0 Å². The van der Waals surface area contributed by atoms with E-state index in [9.17, 15) is 0 Å². The van der Waals surface area contributed by atoms with E-state index in [1.165, 1.54) is 44.5 Å². The molecule has 1 aliphatic heterocycles. The second-order valence-electron chi connectivity index (χ2n) is 13.8. The van der Waals surface area contributed by atoms with Crippen molar-refractivity contribution >= 4 is 24.0 Å². The Balaban J connectivity index is 1.37. The van der Waals surface area contributed by atoms with Crippen LogP contribution in [0.25, 0.3) is 22.3 Å². The van der Waals surface area contributed by atoms with Crippen molar-refractivity contribution in [2.45, 2.75) is 77.4 Å². The number of benzene rings is 4. The number of nitrogens with one attached hydrogen (secondary N) is 1. The molecule has 3 aliphatic rings. The maximum atomic E-state index is 6.62. The lowest BCUT2D eigenvalue weighted by Crippen LogP contribution is -2.41. The smallest absolute Gasteiger partial charge is 0.399 e. The van der Waals surface area contributed by atoms with E-state index in [0.717, 1.165) is 16.8 Å². The minimum absolute atomic E-state index is 0.0558. The average molecular weight is 528 g/mol. The van der Waals surface area contributed by atoms with Gasteiger partial charge in [-0.1, -0.05) is 88.4 Å². The van der Waals surface area contributed by atoms with E-state index in [4.69, 9.17) is 9.31 Å². The summed E-state index contributed by atoms with van der Waals surface area (Å²) in [6, 6.07) is 29.0. The Bertz CT molecular complexity index is 1680. The van der Waals surface area contributed by atoms with Crippen molar-refractivity contribution in [2.75, 3.05) is 5.32 Å². The van der Waals surface area contributed by atoms with Crippen LogP contribution in [0.4, 0.5) is 11.4 Å². The summed E-state index contributed by atoms with van der Waals surface area (Å²) in [7, 11) is -0.469. The molecule has 0 aromatic heterocycles. The number of anilines is 2. The Kier molecular flexibility index (Phi) is 5.20. The van der Waals surface area contributed by atoms with E-state index in [1.54, 1.807) is 0 Å². The maximum Gasteiger partial charge on any atom is 0.497 e. The molecule has 3 nitrogen and oxygen atoms in total. The lowest BCUT2D eigenvalue weighted by molar-refractivity contribution is 0.00578. The summed E-state index contributed by atoms with van der Waals surface area (Å²) >= 11 is 0. The molecule has 1 N–H and O–H groups in total. The summed E-state index contributed by atoms with van der Waals surface area (Å²) in [5.41, 5.74) is 12.8. The number of hydrogen-bond acceptors (Lipinski definition) is 3. The van der Waals surface area contributed by atoms with Crippen molar-refractivity contribution in [1.29, 1.82) is 0 Å². The van der Waals surface area contributed by atoms with Crippen LogP contribution < -0.4 is 10.8 Å². The molecule has 7 rings (SSSR count). The fourth-order valence-corrected chi connectivity index (χ4v) is 6.98. The second kappa shape index (κ2) is 8.12. The average Bonchev–Trinajstić information content (AvgIpc) is 3.37. The number of fused-ring (bicyclic) bond motifs is 6. The van der Waals surface area contributed by atoms with Gasteiger partial charge in [-0.3, -0.25) is 0 Å². The first-order chi connectivity index (χ1) is 18.8. The van der Waals surface area contributed by atoms with Gasteiger partial charge < -0.3 is 14.6 Å². The van der Waals surface area contributed by atoms with Crippen LogP contribution in [0.2, 0.25) is 0 Å². The standard InChI is InChI=1S/C36H38BNO2/c1-33(2)27-15-11-9-13-23(27)25-18-17-22(19-29(25)33)38-32-21-30-26(24-14-10-12-16-28(24)34(30,3)4)20-31(32)37-39-35(5,6)36(7,8)40-37/h9-21,38H,1-8H3. The molecule has 0 radical (unpaired) electrons. The molecule has 0 atom stereocenters. The normalized spacial score (nSPS) is 20.1. The predicted octanol–water partition coefficient (Wildman–Crippen LogP) is 8.34. The fraction of sp³-hybridized carbons (Fsp3) is 0.333. The quantitative estimate of drug-likeness (QED) is 0.272. The first-order valence-corrected chi connectivity index (χ1v) is 14.5. The van der Waals surface area contributed by atoms with Gasteiger partial charge in [0.1, 0.15) is 0 Å². The van der Waals surface area contributed by atoms with Gasteiger partial charge in [0, 0.05) is 27.7 Å². The SMILES string of the molecule is CC1(C)c2ccccc2-c2ccc(Nc3cc4c(cc3B3OC(C)(C)C(C)(C)O3)-c3ccccc3C4(C)C)cc21. The molecule has 0 amide bonds. The van der Waals surface area contributed by atoms with Crippen molar-refractivity contribution < 1.29 is 9.31 Å². The van der Waals surface area contributed by atoms with Crippen LogP contribution in [0.15, 0.2) is 78.9 Å². The van der Waals surface area contributed by atoms with Gasteiger partial charge in [-0.2, -0.15) is 0 Å². The van der Waals surface area contributed by atoms with Crippen LogP contribution in [-0.4, -0.2) is 18.3 Å². The van der Waals surface area contributed by atoms with Crippen LogP contribution in [0, 0.1) is 0 Å². The van der Waals surface area contributed by atoms with Crippen molar-refractivity contribution in [3.8, 4) is 22.3 Å². The first-order valence-electron chi connectivity index (χ1n) is 14.5. The summed E-state index contributed by atoms with van der Waals surface area (Å²) in [4.78, 5) is 0. The topological polar surface area (TPSA) is 30.5 Å². The zero-order valence-corrected chi connectivity index (χ0v) is 24.9. The van der Waals surface area contributed by atoms with Crippen molar-refractivity contribution in [3.63, 3.8) is 0 Å². The third-order valence-corrected chi connectivity index (χ3v) is 10.1. The third-order valence-electron chi connectivity index (χ3n) is 10.1. The fourth-order valence-electron chi connectivity index (χ4n) is 6.98. The highest BCUT2D eigenvalue weighted by Gasteiger charge is 2.53. The molecular formula is C36H38BNO2. The predicted molar refractivity (Wildman–Crippen MR) is 167 cm³/mol. The molecule has 1 fully saturated rings. The molecule has 40 heavy (non-hydrogen) atoms. The Morgan fingerprint density at radius 3 is 1.62 bits per heavy atom. The summed E-state index contributed by atoms with van der Waals surface area (Å²) in [6.07, 6.45) is 0. The van der Waals surface area contributed by atoms with E-state index in [2.05, 4.69) is 140 Å². The Morgan fingerprint density at radius 2 is 1.02 bits per heavy atom. The molecule has 202 valence electrons. The molecule has 1 saturated heterocycles. The van der Waals surface area contributed by atoms with Gasteiger partial charge in [-0.25, -0.2) is 0 Å². The Labute approximate surface area is 239 Å². The van der Waals surface area contributed by atoms with E-state index < -0.39 is 18.3 Å². The van der Waals surface area contributed by atoms with Gasteiger partial charge in [0.05, 0.1) is 11.2 Å². The molecule has 1 heterocycles. The van der Waals surface area contributed by atoms with Crippen LogP contribution in [-0.2, 0) is 20.1 Å². The highest BCUT2D eigenvalue weighted by molar-refractivity contribution is 6.64. The molecule has 0 unspecified atom stereocenters. The largest absolute Gasteiger partial charge is 0.497 e. The van der Waals surface area contributed by atoms with Gasteiger partial charge in [0.15, 0.2) is 0 Å². The van der Waals surface area contributed by atoms with E-state index in [-0.39, 0.29) is 10.8 Å². The third kappa shape index (κ3) is 3.45. The van der Waals surface area contributed by atoms with Crippen LogP contribution in [0.3, 0.4) is 0 Å². The van der Waals surface area contributed by atoms with Gasteiger partial charge in [-0.05, 0) is 90.4 Å². The van der Waals surface area contributed by atoms with Gasteiger partial charge in [-0.15, -0.1) is 0 Å². The molecule has 0 saturated carbocycles. The van der Waals surface area contributed by atoms with Gasteiger partial charge >= 0.3 is 7.12 Å². The molecule has 0 spiro atoms. The van der Waals surface area contributed by atoms with E-state index in [1.807, 2.05) is 0 Å². The van der Waals surface area contributed by atoms with Crippen LogP contribution in [0.5, 0.6) is 0 Å². The Hall–Kier alpha value is -3.34. The Morgan fingerprint density at radius 1 is 0.525 bits per heavy atom. The summed E-state index contributed by atoms with van der Waals surface area (Å²) in [5.74, 6) is 0. The molecule has 0 bridgehead atoms. The highest BCUT2D eigenvalue weighted by atomic mass is 16.7. The summed E-state index contributed by atoms with van der Waals surface area (Å²) in [5, 5.41) is 3.83. The minimum atomic E-state index is -0.469. The summed E-state index contributed by atoms with van der Waals surface area (Å²) < 4.78 is 13.2. The number of hydrogen-bond donors (Lipinski definition) is 1. The zero-order chi connectivity index (χ0) is 28.2. The number of rotatable bonds is 3. The van der Waals surface area contributed by atoms with Crippen LogP contribution in [0.1, 0.15) is 77.6 Å². The van der Waals surface area contributed by atoms with Crippen molar-refractivity contribution in [1.82, 2.24) is 0 Å². The molecule has 4 heteroatoms. The summed E-state index contributed by atoms with van der Waals surface area (Å²) in [6.45, 7) is 17.8. The van der Waals surface area contributed by atoms with Gasteiger partial charge in [0.2, 0.25) is 0 Å². The molecule has 4 aromatic carbocycles. The minimum Gasteiger partial charge on any atom is -0.399 e. The van der Waals surface area contributed by atoms with E-state index in [0.29, 0.717) is 0 Å². The molecule has 4 aromatic rings. The lowest BCUT2D eigenvalue weighted by atomic mass is 9.74. The van der Waals surface area contributed by atoms with Crippen molar-refractivity contribution in [3.05, 3.63) is 101 Å². The monoisotopic (exact) mass is 527 g/mol. The first kappa shape index (κ1) is 25.6.